The summed E-state index contributed by atoms with van der Waals surface area (Å²) in [6, 6.07) is 5.64. The number of thiocarbonyl (C=S) groups is 1. The van der Waals surface area contributed by atoms with Crippen LogP contribution >= 0.6 is 24.0 Å². The lowest BCUT2D eigenvalue weighted by Crippen LogP contribution is -2.43. The molecule has 172 valence electrons. The molecule has 1 aromatic rings. The highest BCUT2D eigenvalue weighted by molar-refractivity contribution is 8.26. The van der Waals surface area contributed by atoms with Gasteiger partial charge in [-0.05, 0) is 36.6 Å². The van der Waals surface area contributed by atoms with E-state index >= 15 is 0 Å². The highest BCUT2D eigenvalue weighted by Gasteiger charge is 2.37. The van der Waals surface area contributed by atoms with Crippen LogP contribution in [0.15, 0.2) is 23.1 Å². The first-order valence-corrected chi connectivity index (χ1v) is 12.2. The first kappa shape index (κ1) is 23.1. The molecule has 0 spiro atoms. The molecule has 0 N–H and O–H groups in total. The van der Waals surface area contributed by atoms with Gasteiger partial charge in [-0.2, -0.15) is 0 Å². The molecule has 3 aliphatic rings. The third kappa shape index (κ3) is 5.27. The van der Waals surface area contributed by atoms with Crippen molar-refractivity contribution in [2.24, 2.45) is 0 Å². The van der Waals surface area contributed by atoms with Crippen molar-refractivity contribution in [3.8, 4) is 11.5 Å². The summed E-state index contributed by atoms with van der Waals surface area (Å²) in [7, 11) is 1.55. The monoisotopic (exact) mass is 476 g/mol. The fraction of sp³-hybridized carbons (Fsp3) is 0.522. The zero-order valence-electron chi connectivity index (χ0n) is 18.2. The van der Waals surface area contributed by atoms with Gasteiger partial charge in [-0.1, -0.05) is 49.3 Å². The summed E-state index contributed by atoms with van der Waals surface area (Å²) in [6.07, 6.45) is 7.40. The molecule has 1 aromatic carbocycles. The lowest BCUT2D eigenvalue weighted by Gasteiger charge is -2.29. The maximum atomic E-state index is 13.0. The molecule has 1 aliphatic carbocycles. The van der Waals surface area contributed by atoms with Crippen LogP contribution in [0.2, 0.25) is 0 Å². The Morgan fingerprint density at radius 3 is 2.69 bits per heavy atom. The maximum Gasteiger partial charge on any atom is 0.266 e. The zero-order valence-corrected chi connectivity index (χ0v) is 19.8. The van der Waals surface area contributed by atoms with E-state index in [4.69, 9.17) is 26.4 Å². The smallest absolute Gasteiger partial charge is 0.266 e. The molecule has 4 rings (SSSR count). The number of ether oxygens (including phenoxy) is 3. The molecule has 0 bridgehead atoms. The van der Waals surface area contributed by atoms with Gasteiger partial charge in [-0.15, -0.1) is 0 Å². The second-order valence-corrected chi connectivity index (χ2v) is 9.71. The second kappa shape index (κ2) is 10.7. The summed E-state index contributed by atoms with van der Waals surface area (Å²) in [4.78, 5) is 29.5. The van der Waals surface area contributed by atoms with Crippen molar-refractivity contribution in [1.29, 1.82) is 0 Å². The summed E-state index contributed by atoms with van der Waals surface area (Å²) in [5, 5.41) is 0. The fourth-order valence-electron chi connectivity index (χ4n) is 4.22. The molecule has 3 fully saturated rings. The molecule has 0 unspecified atom stereocenters. The summed E-state index contributed by atoms with van der Waals surface area (Å²) < 4.78 is 17.1. The predicted octanol–water partition coefficient (Wildman–Crippen LogP) is 3.47. The largest absolute Gasteiger partial charge is 0.493 e. The van der Waals surface area contributed by atoms with Crippen molar-refractivity contribution in [2.45, 2.75) is 38.1 Å². The van der Waals surface area contributed by atoms with Crippen LogP contribution in [0.25, 0.3) is 6.08 Å². The highest BCUT2D eigenvalue weighted by atomic mass is 32.2. The van der Waals surface area contributed by atoms with E-state index in [1.54, 1.807) is 23.0 Å². The van der Waals surface area contributed by atoms with Gasteiger partial charge in [0.05, 0.1) is 25.2 Å². The number of nitrogens with zero attached hydrogens (tertiary/aromatic N) is 2. The average Bonchev–Trinajstić information content (AvgIpc) is 3.11. The molecule has 0 aromatic heterocycles. The molecule has 2 aliphatic heterocycles. The normalized spacial score (nSPS) is 21.3. The van der Waals surface area contributed by atoms with Crippen molar-refractivity contribution in [2.75, 3.05) is 40.0 Å². The van der Waals surface area contributed by atoms with E-state index in [0.717, 1.165) is 31.2 Å². The van der Waals surface area contributed by atoms with E-state index in [1.165, 1.54) is 18.2 Å². The first-order chi connectivity index (χ1) is 15.6. The number of rotatable bonds is 6. The van der Waals surface area contributed by atoms with Gasteiger partial charge in [-0.3, -0.25) is 14.5 Å². The average molecular weight is 477 g/mol. The van der Waals surface area contributed by atoms with E-state index in [0.29, 0.717) is 47.0 Å². The summed E-state index contributed by atoms with van der Waals surface area (Å²) in [5.74, 6) is 0.908. The van der Waals surface area contributed by atoms with Crippen molar-refractivity contribution in [3.05, 3.63) is 28.7 Å². The van der Waals surface area contributed by atoms with Crippen LogP contribution in [-0.4, -0.2) is 72.0 Å². The number of carbonyl (C=O) groups is 2. The number of methoxy groups -OCH3 is 1. The van der Waals surface area contributed by atoms with Crippen molar-refractivity contribution < 1.29 is 23.8 Å². The van der Waals surface area contributed by atoms with E-state index in [1.807, 2.05) is 18.2 Å². The van der Waals surface area contributed by atoms with Gasteiger partial charge in [0, 0.05) is 19.1 Å². The van der Waals surface area contributed by atoms with Crippen LogP contribution in [0, 0.1) is 0 Å². The Hall–Kier alpha value is -2.10. The van der Waals surface area contributed by atoms with Crippen LogP contribution in [-0.2, 0) is 14.3 Å². The van der Waals surface area contributed by atoms with Crippen LogP contribution in [0.1, 0.15) is 37.7 Å². The van der Waals surface area contributed by atoms with Crippen molar-refractivity contribution in [3.63, 3.8) is 0 Å². The predicted molar refractivity (Wildman–Crippen MR) is 128 cm³/mol. The van der Waals surface area contributed by atoms with Crippen molar-refractivity contribution >= 4 is 46.2 Å². The lowest BCUT2D eigenvalue weighted by atomic mass is 9.94. The Labute approximate surface area is 198 Å². The number of amides is 2. The molecule has 32 heavy (non-hydrogen) atoms. The maximum absolute atomic E-state index is 13.0. The molecule has 1 saturated carbocycles. The van der Waals surface area contributed by atoms with Gasteiger partial charge >= 0.3 is 0 Å². The minimum Gasteiger partial charge on any atom is -0.493 e. The molecular formula is C23H28N2O5S2. The number of hydrogen-bond donors (Lipinski definition) is 0. The summed E-state index contributed by atoms with van der Waals surface area (Å²) in [5.41, 5.74) is 0.817. The van der Waals surface area contributed by atoms with Gasteiger partial charge in [0.2, 0.25) is 0 Å². The molecule has 7 nitrogen and oxygen atoms in total. The standard InChI is InChI=1S/C23H28N2O5S2/c1-28-19-13-16(7-8-18(19)30-15-21(26)24-9-11-29-12-10-24)14-20-22(27)25(23(31)32-20)17-5-3-2-4-6-17/h7-8,13-14,17H,2-6,9-12,15H2,1H3/b20-14+. The van der Waals surface area contributed by atoms with Gasteiger partial charge in [-0.25, -0.2) is 0 Å². The minimum absolute atomic E-state index is 0.0118. The van der Waals surface area contributed by atoms with Gasteiger partial charge in [0.25, 0.3) is 11.8 Å². The van der Waals surface area contributed by atoms with Crippen LogP contribution in [0.4, 0.5) is 0 Å². The minimum atomic E-state index is -0.0779. The quantitative estimate of drug-likeness (QED) is 0.460. The van der Waals surface area contributed by atoms with E-state index in [2.05, 4.69) is 0 Å². The third-order valence-electron chi connectivity index (χ3n) is 5.96. The molecule has 2 saturated heterocycles. The Morgan fingerprint density at radius 1 is 1.22 bits per heavy atom. The Bertz CT molecular complexity index is 908. The molecule has 9 heteroatoms. The Balaban J connectivity index is 1.43. The zero-order chi connectivity index (χ0) is 22.5. The van der Waals surface area contributed by atoms with E-state index < -0.39 is 0 Å². The molecule has 2 heterocycles. The number of carbonyl (C=O) groups excluding carboxylic acids is 2. The summed E-state index contributed by atoms with van der Waals surface area (Å²) >= 11 is 6.87. The van der Waals surface area contributed by atoms with Crippen LogP contribution < -0.4 is 9.47 Å². The number of benzene rings is 1. The molecule has 0 radical (unpaired) electrons. The molecule has 2 amide bonds. The SMILES string of the molecule is COc1cc(/C=C2/SC(=S)N(C3CCCCC3)C2=O)ccc1OCC(=O)N1CCOCC1. The number of hydrogen-bond acceptors (Lipinski definition) is 7. The first-order valence-electron chi connectivity index (χ1n) is 11.0. The Kier molecular flexibility index (Phi) is 7.70. The van der Waals surface area contributed by atoms with Crippen LogP contribution in [0.3, 0.4) is 0 Å². The third-order valence-corrected chi connectivity index (χ3v) is 7.29. The Morgan fingerprint density at radius 2 is 1.97 bits per heavy atom. The topological polar surface area (TPSA) is 68.3 Å². The molecular weight excluding hydrogens is 448 g/mol. The second-order valence-electron chi connectivity index (χ2n) is 8.04. The van der Waals surface area contributed by atoms with E-state index in [-0.39, 0.29) is 24.5 Å². The van der Waals surface area contributed by atoms with Gasteiger partial charge < -0.3 is 19.1 Å². The highest BCUT2D eigenvalue weighted by Crippen LogP contribution is 2.38. The number of thioether (sulfide) groups is 1. The van der Waals surface area contributed by atoms with Gasteiger partial charge in [0.15, 0.2) is 18.1 Å². The summed E-state index contributed by atoms with van der Waals surface area (Å²) in [6.45, 7) is 2.21. The van der Waals surface area contributed by atoms with E-state index in [9.17, 15) is 9.59 Å². The lowest BCUT2D eigenvalue weighted by molar-refractivity contribution is -0.137. The van der Waals surface area contributed by atoms with Gasteiger partial charge in [0.1, 0.15) is 4.32 Å². The fourth-order valence-corrected chi connectivity index (χ4v) is 5.62. The number of morpholine rings is 1. The van der Waals surface area contributed by atoms with Crippen molar-refractivity contribution in [1.82, 2.24) is 9.80 Å². The molecule has 0 atom stereocenters. The van der Waals surface area contributed by atoms with Crippen LogP contribution in [0.5, 0.6) is 11.5 Å².